The molecule has 0 spiro atoms. The lowest BCUT2D eigenvalue weighted by atomic mass is 9.99. The van der Waals surface area contributed by atoms with Crippen LogP contribution in [-0.2, 0) is 4.79 Å². The number of rotatable bonds is 3. The van der Waals surface area contributed by atoms with Crippen molar-refractivity contribution in [3.05, 3.63) is 70.5 Å². The highest BCUT2D eigenvalue weighted by Gasteiger charge is 2.11. The van der Waals surface area contributed by atoms with Crippen LogP contribution in [0.5, 0.6) is 0 Å². The number of aryl methyl sites for hydroxylation is 2. The number of halogens is 1. The number of hydrogen-bond donors (Lipinski definition) is 1. The maximum atomic E-state index is 13.2. The third-order valence-electron chi connectivity index (χ3n) is 3.21. The van der Waals surface area contributed by atoms with Crippen molar-refractivity contribution >= 4 is 17.6 Å². The molecule has 2 aromatic carbocycles. The van der Waals surface area contributed by atoms with E-state index in [1.807, 2.05) is 26.0 Å². The Labute approximate surface area is 117 Å². The first-order valence-corrected chi connectivity index (χ1v) is 6.25. The maximum absolute atomic E-state index is 13.2. The summed E-state index contributed by atoms with van der Waals surface area (Å²) in [5.41, 5.74) is 3.42. The van der Waals surface area contributed by atoms with Crippen molar-refractivity contribution in [3.8, 4) is 0 Å². The molecular formula is C17H15FO2. The van der Waals surface area contributed by atoms with Crippen molar-refractivity contribution in [1.82, 2.24) is 0 Å². The van der Waals surface area contributed by atoms with E-state index in [1.54, 1.807) is 18.2 Å². The third-order valence-corrected chi connectivity index (χ3v) is 3.21. The van der Waals surface area contributed by atoms with Crippen LogP contribution in [-0.4, -0.2) is 11.1 Å². The number of carboxylic acids is 1. The second-order valence-electron chi connectivity index (χ2n) is 4.72. The van der Waals surface area contributed by atoms with E-state index in [4.69, 9.17) is 0 Å². The summed E-state index contributed by atoms with van der Waals surface area (Å²) in [6.45, 7) is 3.90. The van der Waals surface area contributed by atoms with Crippen LogP contribution in [0.15, 0.2) is 42.5 Å². The Morgan fingerprint density at radius 2 is 1.85 bits per heavy atom. The van der Waals surface area contributed by atoms with Gasteiger partial charge in [0.1, 0.15) is 5.82 Å². The zero-order valence-corrected chi connectivity index (χ0v) is 11.4. The Hall–Kier alpha value is -2.42. The Morgan fingerprint density at radius 3 is 2.45 bits per heavy atom. The quantitative estimate of drug-likeness (QED) is 0.674. The van der Waals surface area contributed by atoms with E-state index in [1.165, 1.54) is 18.2 Å². The monoisotopic (exact) mass is 270 g/mol. The summed E-state index contributed by atoms with van der Waals surface area (Å²) in [7, 11) is 0. The van der Waals surface area contributed by atoms with Gasteiger partial charge in [-0.15, -0.1) is 0 Å². The molecule has 2 rings (SSSR count). The smallest absolute Gasteiger partial charge is 0.336 e. The second-order valence-corrected chi connectivity index (χ2v) is 4.72. The first kappa shape index (κ1) is 14.0. The molecule has 0 aliphatic rings. The molecule has 0 aliphatic carbocycles. The number of aliphatic carboxylic acids is 1. The van der Waals surface area contributed by atoms with Gasteiger partial charge in [0.15, 0.2) is 0 Å². The molecule has 20 heavy (non-hydrogen) atoms. The SMILES string of the molecule is Cc1ccc(/C(=C/c2cccc(F)c2)C(=O)O)cc1C. The van der Waals surface area contributed by atoms with Gasteiger partial charge in [-0.3, -0.25) is 0 Å². The van der Waals surface area contributed by atoms with Crippen LogP contribution in [0.2, 0.25) is 0 Å². The van der Waals surface area contributed by atoms with Gasteiger partial charge < -0.3 is 5.11 Å². The van der Waals surface area contributed by atoms with Crippen LogP contribution in [0, 0.1) is 19.7 Å². The lowest BCUT2D eigenvalue weighted by Crippen LogP contribution is -2.00. The fraction of sp³-hybridized carbons (Fsp3) is 0.118. The molecule has 102 valence electrons. The van der Waals surface area contributed by atoms with E-state index in [2.05, 4.69) is 0 Å². The molecule has 0 saturated heterocycles. The van der Waals surface area contributed by atoms with Crippen molar-refractivity contribution in [2.24, 2.45) is 0 Å². The fourth-order valence-electron chi connectivity index (χ4n) is 1.94. The summed E-state index contributed by atoms with van der Waals surface area (Å²) in [4.78, 5) is 11.4. The van der Waals surface area contributed by atoms with Crippen LogP contribution in [0.25, 0.3) is 11.6 Å². The first-order chi connectivity index (χ1) is 9.47. The summed E-state index contributed by atoms with van der Waals surface area (Å²) in [6.07, 6.45) is 1.48. The summed E-state index contributed by atoms with van der Waals surface area (Å²) in [5, 5.41) is 9.36. The highest BCUT2D eigenvalue weighted by Crippen LogP contribution is 2.21. The van der Waals surface area contributed by atoms with Gasteiger partial charge in [-0.05, 0) is 54.3 Å². The summed E-state index contributed by atoms with van der Waals surface area (Å²) < 4.78 is 13.2. The Bertz CT molecular complexity index is 687. The van der Waals surface area contributed by atoms with Crippen LogP contribution in [0.1, 0.15) is 22.3 Å². The number of benzene rings is 2. The van der Waals surface area contributed by atoms with Crippen molar-refractivity contribution < 1.29 is 14.3 Å². The molecule has 0 amide bonds. The normalized spacial score (nSPS) is 11.4. The topological polar surface area (TPSA) is 37.3 Å². The van der Waals surface area contributed by atoms with Crippen LogP contribution < -0.4 is 0 Å². The number of carboxylic acid groups (broad SMARTS) is 1. The van der Waals surface area contributed by atoms with Gasteiger partial charge in [-0.25, -0.2) is 9.18 Å². The maximum Gasteiger partial charge on any atom is 0.336 e. The van der Waals surface area contributed by atoms with Gasteiger partial charge in [0, 0.05) is 0 Å². The molecule has 2 nitrogen and oxygen atoms in total. The van der Waals surface area contributed by atoms with Crippen LogP contribution >= 0.6 is 0 Å². The molecule has 0 fully saturated rings. The van der Waals surface area contributed by atoms with E-state index in [0.29, 0.717) is 11.1 Å². The molecule has 0 heterocycles. The molecule has 0 atom stereocenters. The Morgan fingerprint density at radius 1 is 1.10 bits per heavy atom. The summed E-state index contributed by atoms with van der Waals surface area (Å²) in [5.74, 6) is -1.42. The number of carbonyl (C=O) groups is 1. The molecule has 0 saturated carbocycles. The van der Waals surface area contributed by atoms with Crippen molar-refractivity contribution in [2.75, 3.05) is 0 Å². The molecule has 3 heteroatoms. The predicted molar refractivity (Wildman–Crippen MR) is 77.8 cm³/mol. The molecule has 0 bridgehead atoms. The van der Waals surface area contributed by atoms with E-state index in [0.717, 1.165) is 11.1 Å². The zero-order chi connectivity index (χ0) is 14.7. The summed E-state index contributed by atoms with van der Waals surface area (Å²) in [6, 6.07) is 11.3. The third kappa shape index (κ3) is 3.12. The molecule has 0 aliphatic heterocycles. The van der Waals surface area contributed by atoms with Crippen LogP contribution in [0.4, 0.5) is 4.39 Å². The van der Waals surface area contributed by atoms with E-state index in [9.17, 15) is 14.3 Å². The molecule has 0 unspecified atom stereocenters. The van der Waals surface area contributed by atoms with Gasteiger partial charge >= 0.3 is 5.97 Å². The van der Waals surface area contributed by atoms with Gasteiger partial charge in [-0.2, -0.15) is 0 Å². The van der Waals surface area contributed by atoms with E-state index in [-0.39, 0.29) is 11.4 Å². The minimum Gasteiger partial charge on any atom is -0.478 e. The minimum absolute atomic E-state index is 0.152. The van der Waals surface area contributed by atoms with Crippen molar-refractivity contribution in [1.29, 1.82) is 0 Å². The highest BCUT2D eigenvalue weighted by molar-refractivity contribution is 6.20. The standard InChI is InChI=1S/C17H15FO2/c1-11-6-7-14(8-12(11)2)16(17(19)20)10-13-4-3-5-15(18)9-13/h3-10H,1-2H3,(H,19,20)/b16-10-. The second kappa shape index (κ2) is 5.70. The lowest BCUT2D eigenvalue weighted by molar-refractivity contribution is -0.130. The Kier molecular flexibility index (Phi) is 3.99. The van der Waals surface area contributed by atoms with Crippen LogP contribution in [0.3, 0.4) is 0 Å². The predicted octanol–water partition coefficient (Wildman–Crippen LogP) is 4.07. The number of hydrogen-bond acceptors (Lipinski definition) is 1. The summed E-state index contributed by atoms with van der Waals surface area (Å²) >= 11 is 0. The Balaban J connectivity index is 2.51. The average Bonchev–Trinajstić information content (AvgIpc) is 2.39. The van der Waals surface area contributed by atoms with Gasteiger partial charge in [0.2, 0.25) is 0 Å². The zero-order valence-electron chi connectivity index (χ0n) is 11.4. The average molecular weight is 270 g/mol. The van der Waals surface area contributed by atoms with Gasteiger partial charge in [0.25, 0.3) is 0 Å². The first-order valence-electron chi connectivity index (χ1n) is 6.25. The molecular weight excluding hydrogens is 255 g/mol. The largest absolute Gasteiger partial charge is 0.478 e. The van der Waals surface area contributed by atoms with Gasteiger partial charge in [-0.1, -0.05) is 30.3 Å². The van der Waals surface area contributed by atoms with Crippen molar-refractivity contribution in [3.63, 3.8) is 0 Å². The lowest BCUT2D eigenvalue weighted by Gasteiger charge is -2.07. The highest BCUT2D eigenvalue weighted by atomic mass is 19.1. The molecule has 0 radical (unpaired) electrons. The minimum atomic E-state index is -1.03. The molecule has 2 aromatic rings. The molecule has 0 aromatic heterocycles. The van der Waals surface area contributed by atoms with Crippen molar-refractivity contribution in [2.45, 2.75) is 13.8 Å². The fourth-order valence-corrected chi connectivity index (χ4v) is 1.94. The molecule has 1 N–H and O–H groups in total. The van der Waals surface area contributed by atoms with E-state index >= 15 is 0 Å². The van der Waals surface area contributed by atoms with E-state index < -0.39 is 5.97 Å². The van der Waals surface area contributed by atoms with Gasteiger partial charge in [0.05, 0.1) is 5.57 Å².